The molecule has 0 bridgehead atoms. The molecule has 0 unspecified atom stereocenters. The molecular weight excluding hydrogens is 306 g/mol. The maximum Gasteiger partial charge on any atom is 0.344 e. The standard InChI is InChI=1S/C13H13N5O3S/c1-7(11-14-10(17-21-11)9-3-2-6-20-9)22-13-16-15-12(19)18(13)8-4-5-8/h2-3,6-8H,4-5H2,1H3,(H,15,19)/t7-/m1/s1. The summed E-state index contributed by atoms with van der Waals surface area (Å²) in [5, 5.41) is 11.0. The van der Waals surface area contributed by atoms with Gasteiger partial charge in [0, 0.05) is 6.04 Å². The zero-order valence-electron chi connectivity index (χ0n) is 11.7. The first-order chi connectivity index (χ1) is 10.7. The van der Waals surface area contributed by atoms with Gasteiger partial charge in [-0.25, -0.2) is 9.89 Å². The fraction of sp³-hybridized carbons (Fsp3) is 0.385. The van der Waals surface area contributed by atoms with Crippen LogP contribution in [0.25, 0.3) is 11.6 Å². The molecule has 3 aromatic heterocycles. The van der Waals surface area contributed by atoms with E-state index < -0.39 is 0 Å². The van der Waals surface area contributed by atoms with E-state index in [-0.39, 0.29) is 17.0 Å². The molecule has 0 radical (unpaired) electrons. The largest absolute Gasteiger partial charge is 0.461 e. The quantitative estimate of drug-likeness (QED) is 0.720. The van der Waals surface area contributed by atoms with E-state index in [1.165, 1.54) is 11.8 Å². The number of nitrogens with zero attached hydrogens (tertiary/aromatic N) is 4. The molecule has 0 aliphatic heterocycles. The van der Waals surface area contributed by atoms with Crippen LogP contribution in [0.1, 0.15) is 36.9 Å². The van der Waals surface area contributed by atoms with Gasteiger partial charge in [-0.2, -0.15) is 4.98 Å². The van der Waals surface area contributed by atoms with Gasteiger partial charge in [-0.3, -0.25) is 4.57 Å². The van der Waals surface area contributed by atoms with Crippen molar-refractivity contribution in [2.24, 2.45) is 0 Å². The fourth-order valence-corrected chi connectivity index (χ4v) is 3.10. The molecule has 1 atom stereocenters. The van der Waals surface area contributed by atoms with Crippen LogP contribution in [0.5, 0.6) is 0 Å². The van der Waals surface area contributed by atoms with Crippen LogP contribution < -0.4 is 5.69 Å². The predicted molar refractivity (Wildman–Crippen MR) is 77.4 cm³/mol. The molecule has 8 nitrogen and oxygen atoms in total. The van der Waals surface area contributed by atoms with Gasteiger partial charge in [0.25, 0.3) is 0 Å². The van der Waals surface area contributed by atoms with E-state index in [0.717, 1.165) is 12.8 Å². The Balaban J connectivity index is 1.55. The molecule has 0 aromatic carbocycles. The summed E-state index contributed by atoms with van der Waals surface area (Å²) < 4.78 is 12.2. The van der Waals surface area contributed by atoms with E-state index in [1.807, 2.05) is 6.92 Å². The van der Waals surface area contributed by atoms with Crippen LogP contribution in [-0.2, 0) is 0 Å². The predicted octanol–water partition coefficient (Wildman–Crippen LogP) is 2.40. The molecule has 4 rings (SSSR count). The molecule has 1 aliphatic rings. The van der Waals surface area contributed by atoms with Gasteiger partial charge in [0.15, 0.2) is 10.9 Å². The first-order valence-corrected chi connectivity index (χ1v) is 7.81. The van der Waals surface area contributed by atoms with Crippen molar-refractivity contribution in [1.82, 2.24) is 24.9 Å². The Bertz CT molecular complexity index is 830. The summed E-state index contributed by atoms with van der Waals surface area (Å²) in [5.41, 5.74) is -0.168. The maximum absolute atomic E-state index is 11.8. The molecule has 1 saturated carbocycles. The number of aromatic nitrogens is 5. The summed E-state index contributed by atoms with van der Waals surface area (Å²) in [6.45, 7) is 1.93. The van der Waals surface area contributed by atoms with E-state index in [4.69, 9.17) is 8.94 Å². The van der Waals surface area contributed by atoms with Crippen LogP contribution in [0.3, 0.4) is 0 Å². The second kappa shape index (κ2) is 5.16. The first kappa shape index (κ1) is 13.4. The second-order valence-electron chi connectivity index (χ2n) is 5.11. The molecule has 3 aromatic rings. The number of hydrogen-bond acceptors (Lipinski definition) is 7. The maximum atomic E-state index is 11.8. The van der Waals surface area contributed by atoms with E-state index in [1.54, 1.807) is 23.0 Å². The molecule has 0 saturated heterocycles. The lowest BCUT2D eigenvalue weighted by atomic mass is 10.4. The summed E-state index contributed by atoms with van der Waals surface area (Å²) in [6.07, 6.45) is 3.59. The Kier molecular flexibility index (Phi) is 3.14. The first-order valence-electron chi connectivity index (χ1n) is 6.93. The van der Waals surface area contributed by atoms with Crippen molar-refractivity contribution in [2.75, 3.05) is 0 Å². The molecule has 0 spiro atoms. The zero-order chi connectivity index (χ0) is 15.1. The van der Waals surface area contributed by atoms with Crippen molar-refractivity contribution in [3.8, 4) is 11.6 Å². The van der Waals surface area contributed by atoms with Crippen LogP contribution >= 0.6 is 11.8 Å². The highest BCUT2D eigenvalue weighted by molar-refractivity contribution is 7.99. The molecule has 114 valence electrons. The number of aromatic amines is 1. The lowest BCUT2D eigenvalue weighted by Crippen LogP contribution is -2.16. The Morgan fingerprint density at radius 2 is 2.36 bits per heavy atom. The third kappa shape index (κ3) is 2.37. The molecule has 0 amide bonds. The minimum atomic E-state index is -0.168. The van der Waals surface area contributed by atoms with Gasteiger partial charge in [-0.15, -0.1) is 5.10 Å². The van der Waals surface area contributed by atoms with Crippen LogP contribution in [0.2, 0.25) is 0 Å². The molecule has 1 aliphatic carbocycles. The van der Waals surface area contributed by atoms with Gasteiger partial charge < -0.3 is 8.94 Å². The van der Waals surface area contributed by atoms with Crippen molar-refractivity contribution >= 4 is 11.8 Å². The normalized spacial score (nSPS) is 16.0. The van der Waals surface area contributed by atoms with Crippen LogP contribution in [-0.4, -0.2) is 24.9 Å². The molecule has 22 heavy (non-hydrogen) atoms. The highest BCUT2D eigenvalue weighted by atomic mass is 32.2. The molecule has 9 heteroatoms. The van der Waals surface area contributed by atoms with Gasteiger partial charge in [-0.05, 0) is 31.9 Å². The van der Waals surface area contributed by atoms with E-state index in [0.29, 0.717) is 22.6 Å². The van der Waals surface area contributed by atoms with Crippen molar-refractivity contribution < 1.29 is 8.94 Å². The van der Waals surface area contributed by atoms with Crippen LogP contribution in [0.4, 0.5) is 0 Å². The molecule has 1 fully saturated rings. The zero-order valence-corrected chi connectivity index (χ0v) is 12.5. The summed E-state index contributed by atoms with van der Waals surface area (Å²) in [5.74, 6) is 1.44. The highest BCUT2D eigenvalue weighted by Crippen LogP contribution is 2.39. The third-order valence-electron chi connectivity index (χ3n) is 3.40. The SMILES string of the molecule is C[C@@H](Sc1n[nH]c(=O)n1C1CC1)c1nc(-c2ccco2)no1. The third-order valence-corrected chi connectivity index (χ3v) is 4.45. The summed E-state index contributed by atoms with van der Waals surface area (Å²) in [7, 11) is 0. The number of hydrogen-bond donors (Lipinski definition) is 1. The minimum Gasteiger partial charge on any atom is -0.461 e. The van der Waals surface area contributed by atoms with Gasteiger partial charge in [0.05, 0.1) is 11.5 Å². The Hall–Kier alpha value is -2.29. The molecular formula is C13H13N5O3S. The van der Waals surface area contributed by atoms with E-state index in [9.17, 15) is 4.79 Å². The number of rotatable bonds is 5. The van der Waals surface area contributed by atoms with Gasteiger partial charge in [0.2, 0.25) is 11.7 Å². The monoisotopic (exact) mass is 319 g/mol. The highest BCUT2D eigenvalue weighted by Gasteiger charge is 2.30. The minimum absolute atomic E-state index is 0.121. The van der Waals surface area contributed by atoms with Crippen LogP contribution in [0, 0.1) is 0 Å². The summed E-state index contributed by atoms with van der Waals surface area (Å²) in [6, 6.07) is 3.80. The number of nitrogens with one attached hydrogen (secondary N) is 1. The van der Waals surface area contributed by atoms with Crippen molar-refractivity contribution in [3.05, 3.63) is 34.8 Å². The second-order valence-corrected chi connectivity index (χ2v) is 6.41. The molecule has 1 N–H and O–H groups in total. The van der Waals surface area contributed by atoms with Gasteiger partial charge in [0.1, 0.15) is 0 Å². The van der Waals surface area contributed by atoms with Gasteiger partial charge >= 0.3 is 5.69 Å². The number of H-pyrrole nitrogens is 1. The fourth-order valence-electron chi connectivity index (χ4n) is 2.14. The average molecular weight is 319 g/mol. The van der Waals surface area contributed by atoms with Crippen LogP contribution in [0.15, 0.2) is 37.3 Å². The average Bonchev–Trinajstić information content (AvgIpc) is 2.97. The van der Waals surface area contributed by atoms with Crippen molar-refractivity contribution in [1.29, 1.82) is 0 Å². The lowest BCUT2D eigenvalue weighted by Gasteiger charge is -2.06. The number of furan rings is 1. The topological polar surface area (TPSA) is 103 Å². The number of thioether (sulfide) groups is 1. The summed E-state index contributed by atoms with van der Waals surface area (Å²) >= 11 is 1.42. The summed E-state index contributed by atoms with van der Waals surface area (Å²) in [4.78, 5) is 16.1. The molecule has 3 heterocycles. The lowest BCUT2D eigenvalue weighted by molar-refractivity contribution is 0.379. The Labute approximate surface area is 128 Å². The van der Waals surface area contributed by atoms with Crippen molar-refractivity contribution in [3.63, 3.8) is 0 Å². The Morgan fingerprint density at radius 1 is 1.50 bits per heavy atom. The van der Waals surface area contributed by atoms with Gasteiger partial charge in [-0.1, -0.05) is 16.9 Å². The van der Waals surface area contributed by atoms with E-state index >= 15 is 0 Å². The Morgan fingerprint density at radius 3 is 3.09 bits per heavy atom. The van der Waals surface area contributed by atoms with E-state index in [2.05, 4.69) is 20.3 Å². The smallest absolute Gasteiger partial charge is 0.344 e. The van der Waals surface area contributed by atoms with Crippen molar-refractivity contribution in [2.45, 2.75) is 36.2 Å².